The highest BCUT2D eigenvalue weighted by molar-refractivity contribution is 5.99. The Bertz CT molecular complexity index is 1100. The number of Topliss-reactive ketones (excluding diaryl/α,β-unsaturated/α-hetero) is 1. The third-order valence-electron chi connectivity index (χ3n) is 4.11. The van der Waals surface area contributed by atoms with Crippen molar-refractivity contribution >= 4 is 11.5 Å². The van der Waals surface area contributed by atoms with E-state index >= 15 is 0 Å². The lowest BCUT2D eigenvalue weighted by atomic mass is 10.1. The van der Waals surface area contributed by atoms with Gasteiger partial charge in [-0.05, 0) is 39.0 Å². The van der Waals surface area contributed by atoms with E-state index in [0.717, 1.165) is 15.2 Å². The van der Waals surface area contributed by atoms with Crippen molar-refractivity contribution in [3.63, 3.8) is 0 Å². The number of hydrogen-bond acceptors (Lipinski definition) is 6. The molecule has 0 bridgehead atoms. The van der Waals surface area contributed by atoms with Crippen molar-refractivity contribution in [2.45, 2.75) is 40.0 Å². The van der Waals surface area contributed by atoms with Crippen LogP contribution in [0, 0.1) is 5.82 Å². The Morgan fingerprint density at radius 1 is 1.30 bits per heavy atom. The average Bonchev–Trinajstić information content (AvgIpc) is 2.71. The SMILES string of the molecule is C=CCn1c(=O)c(/C(C)=N/OC(C)C)cn(CC(=O)c2cc(F)ccc2OC)c1=O. The van der Waals surface area contributed by atoms with Crippen LogP contribution in [0.15, 0.2) is 51.8 Å². The van der Waals surface area contributed by atoms with Crippen LogP contribution < -0.4 is 16.0 Å². The normalized spacial score (nSPS) is 11.5. The minimum absolute atomic E-state index is 0.0130. The molecule has 2 rings (SSSR count). The fraction of sp³-hybridized carbons (Fsp3) is 0.333. The second-order valence-corrected chi connectivity index (χ2v) is 6.76. The van der Waals surface area contributed by atoms with Gasteiger partial charge in [0.1, 0.15) is 17.7 Å². The van der Waals surface area contributed by atoms with E-state index in [2.05, 4.69) is 11.7 Å². The van der Waals surface area contributed by atoms with Gasteiger partial charge in [-0.3, -0.25) is 18.7 Å². The van der Waals surface area contributed by atoms with E-state index in [1.165, 1.54) is 31.5 Å². The number of hydrogen-bond donors (Lipinski definition) is 0. The summed E-state index contributed by atoms with van der Waals surface area (Å²) in [6, 6.07) is 3.53. The van der Waals surface area contributed by atoms with Crippen molar-refractivity contribution in [2.75, 3.05) is 7.11 Å². The zero-order valence-corrected chi connectivity index (χ0v) is 17.3. The van der Waals surface area contributed by atoms with Crippen molar-refractivity contribution in [1.29, 1.82) is 0 Å². The Morgan fingerprint density at radius 2 is 2.00 bits per heavy atom. The Labute approximate surface area is 172 Å². The first kappa shape index (κ1) is 22.8. The summed E-state index contributed by atoms with van der Waals surface area (Å²) in [6.07, 6.45) is 2.44. The van der Waals surface area contributed by atoms with E-state index in [4.69, 9.17) is 9.57 Å². The zero-order valence-electron chi connectivity index (χ0n) is 17.3. The molecule has 0 saturated heterocycles. The van der Waals surface area contributed by atoms with Crippen LogP contribution in [0.5, 0.6) is 5.75 Å². The molecule has 8 nitrogen and oxygen atoms in total. The monoisotopic (exact) mass is 417 g/mol. The van der Waals surface area contributed by atoms with Crippen LogP contribution in [0.1, 0.15) is 36.7 Å². The number of rotatable bonds is 9. The number of ether oxygens (including phenoxy) is 1. The molecule has 0 amide bonds. The van der Waals surface area contributed by atoms with Crippen LogP contribution in [0.3, 0.4) is 0 Å². The first-order valence-electron chi connectivity index (χ1n) is 9.22. The van der Waals surface area contributed by atoms with E-state index in [1.54, 1.807) is 20.8 Å². The summed E-state index contributed by atoms with van der Waals surface area (Å²) in [4.78, 5) is 43.5. The van der Waals surface area contributed by atoms with Crippen molar-refractivity contribution in [3.05, 3.63) is 74.8 Å². The quantitative estimate of drug-likeness (QED) is 0.270. The molecule has 2 aromatic rings. The number of allylic oxidation sites excluding steroid dienone is 1. The standard InChI is InChI=1S/C21H24FN3O5/c1-6-9-25-20(27)17(14(4)23-30-13(2)3)11-24(21(25)28)12-18(26)16-10-15(22)7-8-19(16)29-5/h6-8,10-11,13H,1,9,12H2,2-5H3/b23-14+. The number of nitrogens with zero attached hydrogens (tertiary/aromatic N) is 3. The molecular formula is C21H24FN3O5. The number of carbonyl (C=O) groups is 1. The van der Waals surface area contributed by atoms with Gasteiger partial charge >= 0.3 is 5.69 Å². The zero-order chi connectivity index (χ0) is 22.4. The average molecular weight is 417 g/mol. The summed E-state index contributed by atoms with van der Waals surface area (Å²) in [6.45, 7) is 8.18. The summed E-state index contributed by atoms with van der Waals surface area (Å²) in [7, 11) is 1.35. The molecule has 0 atom stereocenters. The Balaban J connectivity index is 2.57. The van der Waals surface area contributed by atoms with E-state index in [-0.39, 0.29) is 35.2 Å². The fourth-order valence-corrected chi connectivity index (χ4v) is 2.68. The predicted octanol–water partition coefficient (Wildman–Crippen LogP) is 2.38. The largest absolute Gasteiger partial charge is 0.496 e. The van der Waals surface area contributed by atoms with Crippen molar-refractivity contribution in [1.82, 2.24) is 9.13 Å². The van der Waals surface area contributed by atoms with Crippen LogP contribution in [0.2, 0.25) is 0 Å². The van der Waals surface area contributed by atoms with Crippen LogP contribution in [-0.2, 0) is 17.9 Å². The van der Waals surface area contributed by atoms with Gasteiger partial charge in [-0.2, -0.15) is 0 Å². The molecule has 0 aliphatic carbocycles. The maximum Gasteiger partial charge on any atom is 0.331 e. The summed E-state index contributed by atoms with van der Waals surface area (Å²) in [5, 5.41) is 3.91. The third kappa shape index (κ3) is 5.11. The molecule has 0 N–H and O–H groups in total. The summed E-state index contributed by atoms with van der Waals surface area (Å²) in [5.74, 6) is -0.994. The summed E-state index contributed by atoms with van der Waals surface area (Å²) in [5.41, 5.74) is -0.960. The van der Waals surface area contributed by atoms with E-state index < -0.39 is 29.4 Å². The Kier molecular flexibility index (Phi) is 7.46. The van der Waals surface area contributed by atoms with Gasteiger partial charge in [0, 0.05) is 12.7 Å². The lowest BCUT2D eigenvalue weighted by Gasteiger charge is -2.13. The lowest BCUT2D eigenvalue weighted by molar-refractivity contribution is 0.0860. The van der Waals surface area contributed by atoms with Gasteiger partial charge in [-0.15, -0.1) is 6.58 Å². The van der Waals surface area contributed by atoms with E-state index in [0.29, 0.717) is 0 Å². The highest BCUT2D eigenvalue weighted by Gasteiger charge is 2.18. The van der Waals surface area contributed by atoms with Gasteiger partial charge < -0.3 is 9.57 Å². The fourth-order valence-electron chi connectivity index (χ4n) is 2.68. The van der Waals surface area contributed by atoms with Crippen molar-refractivity contribution in [2.24, 2.45) is 5.16 Å². The maximum absolute atomic E-state index is 13.6. The Hall–Kier alpha value is -3.49. The number of halogens is 1. The number of oxime groups is 1. The molecule has 30 heavy (non-hydrogen) atoms. The first-order chi connectivity index (χ1) is 14.2. The van der Waals surface area contributed by atoms with Gasteiger partial charge in [-0.25, -0.2) is 9.18 Å². The van der Waals surface area contributed by atoms with E-state index in [1.807, 2.05) is 0 Å². The minimum Gasteiger partial charge on any atom is -0.496 e. The molecule has 160 valence electrons. The van der Waals surface area contributed by atoms with Crippen LogP contribution >= 0.6 is 0 Å². The highest BCUT2D eigenvalue weighted by Crippen LogP contribution is 2.20. The van der Waals surface area contributed by atoms with Gasteiger partial charge in [0.15, 0.2) is 5.78 Å². The van der Waals surface area contributed by atoms with E-state index in [9.17, 15) is 18.8 Å². The molecule has 0 aliphatic rings. The topological polar surface area (TPSA) is 91.9 Å². The summed E-state index contributed by atoms with van der Waals surface area (Å²) < 4.78 is 20.8. The maximum atomic E-state index is 13.6. The summed E-state index contributed by atoms with van der Waals surface area (Å²) >= 11 is 0. The third-order valence-corrected chi connectivity index (χ3v) is 4.11. The molecule has 0 radical (unpaired) electrons. The minimum atomic E-state index is -0.704. The Morgan fingerprint density at radius 3 is 2.60 bits per heavy atom. The molecule has 0 fully saturated rings. The number of ketones is 1. The van der Waals surface area contributed by atoms with Gasteiger partial charge in [0.05, 0.1) is 30.5 Å². The molecule has 0 unspecified atom stereocenters. The second kappa shape index (κ2) is 9.82. The number of aromatic nitrogens is 2. The number of benzene rings is 1. The highest BCUT2D eigenvalue weighted by atomic mass is 19.1. The molecule has 1 aromatic heterocycles. The molecule has 1 heterocycles. The molecule has 0 saturated carbocycles. The second-order valence-electron chi connectivity index (χ2n) is 6.76. The molecular weight excluding hydrogens is 393 g/mol. The van der Waals surface area contributed by atoms with Crippen molar-refractivity contribution < 1.29 is 18.8 Å². The predicted molar refractivity (Wildman–Crippen MR) is 111 cm³/mol. The molecule has 0 spiro atoms. The lowest BCUT2D eigenvalue weighted by Crippen LogP contribution is -2.42. The number of methoxy groups -OCH3 is 1. The van der Waals surface area contributed by atoms with Gasteiger partial charge in [0.25, 0.3) is 5.56 Å². The van der Waals surface area contributed by atoms with Crippen LogP contribution in [0.25, 0.3) is 0 Å². The van der Waals surface area contributed by atoms with Crippen molar-refractivity contribution in [3.8, 4) is 5.75 Å². The van der Waals surface area contributed by atoms with Crippen LogP contribution in [0.4, 0.5) is 4.39 Å². The first-order valence-corrected chi connectivity index (χ1v) is 9.22. The van der Waals surface area contributed by atoms with Gasteiger partial charge in [0.2, 0.25) is 0 Å². The van der Waals surface area contributed by atoms with Gasteiger partial charge in [-0.1, -0.05) is 11.2 Å². The van der Waals surface area contributed by atoms with Crippen LogP contribution in [-0.4, -0.2) is 33.8 Å². The molecule has 1 aromatic carbocycles. The smallest absolute Gasteiger partial charge is 0.331 e. The molecule has 0 aliphatic heterocycles. The number of carbonyl (C=O) groups excluding carboxylic acids is 1. The molecule has 9 heteroatoms.